The van der Waals surface area contributed by atoms with Gasteiger partial charge < -0.3 is 15.3 Å². The van der Waals surface area contributed by atoms with Crippen LogP contribution in [0.15, 0.2) is 0 Å². The Bertz CT molecular complexity index is 621. The summed E-state index contributed by atoms with van der Waals surface area (Å²) in [4.78, 5) is 0. The van der Waals surface area contributed by atoms with E-state index >= 15 is 0 Å². The molecule has 0 saturated heterocycles. The van der Waals surface area contributed by atoms with E-state index in [-0.39, 0.29) is 17.6 Å². The first-order valence-corrected chi connectivity index (χ1v) is 13.6. The van der Waals surface area contributed by atoms with Crippen molar-refractivity contribution in [1.82, 2.24) is 0 Å². The summed E-state index contributed by atoms with van der Waals surface area (Å²) in [7, 11) is 0. The van der Waals surface area contributed by atoms with E-state index in [0.717, 1.165) is 31.1 Å². The van der Waals surface area contributed by atoms with E-state index in [1.807, 2.05) is 0 Å². The highest BCUT2D eigenvalue weighted by molar-refractivity contribution is 5.12. The molecule has 12 unspecified atom stereocenters. The lowest BCUT2D eigenvalue weighted by Gasteiger charge is -2.62. The minimum Gasteiger partial charge on any atom is -0.396 e. The van der Waals surface area contributed by atoms with Gasteiger partial charge in [0.05, 0.1) is 12.2 Å². The third kappa shape index (κ3) is 4.03. The van der Waals surface area contributed by atoms with E-state index in [1.165, 1.54) is 44.9 Å². The van der Waals surface area contributed by atoms with Gasteiger partial charge in [-0.25, -0.2) is 0 Å². The molecule has 0 bridgehead atoms. The molecule has 4 rings (SSSR count). The zero-order chi connectivity index (χ0) is 22.6. The molecule has 0 radical (unpaired) electrons. The summed E-state index contributed by atoms with van der Waals surface area (Å²) >= 11 is 0. The lowest BCUT2D eigenvalue weighted by Crippen LogP contribution is -2.55. The second-order valence-corrected chi connectivity index (χ2v) is 13.2. The second kappa shape index (κ2) is 8.91. The van der Waals surface area contributed by atoms with Crippen LogP contribution in [0.3, 0.4) is 0 Å². The lowest BCUT2D eigenvalue weighted by atomic mass is 9.43. The monoisotopic (exact) mass is 434 g/mol. The van der Waals surface area contributed by atoms with Crippen LogP contribution in [-0.2, 0) is 0 Å². The zero-order valence-electron chi connectivity index (χ0n) is 20.9. The maximum absolute atomic E-state index is 11.3. The number of aliphatic hydroxyl groups excluding tert-OH is 3. The average molecular weight is 435 g/mol. The fourth-order valence-electron chi connectivity index (χ4n) is 9.73. The van der Waals surface area contributed by atoms with Gasteiger partial charge in [0.1, 0.15) is 0 Å². The van der Waals surface area contributed by atoms with Crippen molar-refractivity contribution in [3.05, 3.63) is 0 Å². The van der Waals surface area contributed by atoms with Crippen molar-refractivity contribution in [2.75, 3.05) is 6.61 Å². The van der Waals surface area contributed by atoms with Crippen LogP contribution < -0.4 is 0 Å². The Morgan fingerprint density at radius 3 is 2.35 bits per heavy atom. The predicted molar refractivity (Wildman–Crippen MR) is 126 cm³/mol. The van der Waals surface area contributed by atoms with Crippen molar-refractivity contribution in [3.63, 3.8) is 0 Å². The molecule has 0 aromatic carbocycles. The van der Waals surface area contributed by atoms with Gasteiger partial charge in [-0.1, -0.05) is 47.5 Å². The summed E-state index contributed by atoms with van der Waals surface area (Å²) in [5.74, 6) is 4.73. The van der Waals surface area contributed by atoms with Gasteiger partial charge in [-0.15, -0.1) is 0 Å². The molecule has 3 N–H and O–H groups in total. The third-order valence-electron chi connectivity index (χ3n) is 11.4. The fraction of sp³-hybridized carbons (Fsp3) is 1.00. The highest BCUT2D eigenvalue weighted by atomic mass is 16.3. The average Bonchev–Trinajstić information content (AvgIpc) is 2.99. The van der Waals surface area contributed by atoms with Crippen molar-refractivity contribution in [2.24, 2.45) is 58.2 Å². The second-order valence-electron chi connectivity index (χ2n) is 13.2. The molecule has 4 aliphatic carbocycles. The smallest absolute Gasteiger partial charge is 0.0579 e. The number of rotatable bonds is 6. The van der Waals surface area contributed by atoms with Crippen molar-refractivity contribution in [1.29, 1.82) is 0 Å². The largest absolute Gasteiger partial charge is 0.396 e. The summed E-state index contributed by atoms with van der Waals surface area (Å²) in [5.41, 5.74) is 0.670. The Morgan fingerprint density at radius 1 is 0.903 bits per heavy atom. The molecular formula is C28H50O3. The summed E-state index contributed by atoms with van der Waals surface area (Å²) in [5, 5.41) is 31.2. The van der Waals surface area contributed by atoms with E-state index in [1.54, 1.807) is 0 Å². The van der Waals surface area contributed by atoms with Gasteiger partial charge in [-0.2, -0.15) is 0 Å². The highest BCUT2D eigenvalue weighted by Crippen LogP contribution is 2.68. The van der Waals surface area contributed by atoms with Gasteiger partial charge in [0, 0.05) is 6.61 Å². The molecule has 4 fully saturated rings. The molecule has 31 heavy (non-hydrogen) atoms. The Balaban J connectivity index is 1.49. The standard InChI is InChI=1S/C28H50O3/c1-17(16-29)7-6-8-18(2)26-25(31)14-23-21-10-9-20-13-24(30)19(3)15-28(20,5)22(21)11-12-27(23,26)4/h17-26,29-31H,6-16H2,1-5H3. The molecule has 0 heterocycles. The number of aliphatic hydroxyl groups is 3. The Hall–Kier alpha value is -0.120. The van der Waals surface area contributed by atoms with Crippen LogP contribution in [0.4, 0.5) is 0 Å². The Kier molecular flexibility index (Phi) is 6.91. The Labute approximate surface area is 191 Å². The van der Waals surface area contributed by atoms with Crippen molar-refractivity contribution in [2.45, 2.75) is 111 Å². The van der Waals surface area contributed by atoms with Crippen molar-refractivity contribution >= 4 is 0 Å². The van der Waals surface area contributed by atoms with Gasteiger partial charge >= 0.3 is 0 Å². The first-order valence-electron chi connectivity index (χ1n) is 13.6. The lowest BCUT2D eigenvalue weighted by molar-refractivity contribution is -0.142. The van der Waals surface area contributed by atoms with Crippen LogP contribution in [0.2, 0.25) is 0 Å². The molecule has 0 aromatic heterocycles. The zero-order valence-corrected chi connectivity index (χ0v) is 20.9. The third-order valence-corrected chi connectivity index (χ3v) is 11.4. The molecule has 0 spiro atoms. The van der Waals surface area contributed by atoms with Crippen LogP contribution in [0.1, 0.15) is 98.8 Å². The van der Waals surface area contributed by atoms with Crippen LogP contribution in [0.5, 0.6) is 0 Å². The number of hydrogen-bond donors (Lipinski definition) is 3. The number of hydrogen-bond acceptors (Lipinski definition) is 3. The minimum absolute atomic E-state index is 0.101. The quantitative estimate of drug-likeness (QED) is 0.506. The molecular weight excluding hydrogens is 384 g/mol. The number of fused-ring (bicyclic) bond motifs is 5. The van der Waals surface area contributed by atoms with Crippen LogP contribution in [-0.4, -0.2) is 34.1 Å². The van der Waals surface area contributed by atoms with Gasteiger partial charge in [0.25, 0.3) is 0 Å². The first kappa shape index (κ1) is 24.0. The summed E-state index contributed by atoms with van der Waals surface area (Å²) in [6, 6.07) is 0. The molecule has 0 amide bonds. The summed E-state index contributed by atoms with van der Waals surface area (Å²) in [6.45, 7) is 12.2. The molecule has 0 aromatic rings. The van der Waals surface area contributed by atoms with E-state index < -0.39 is 0 Å². The maximum atomic E-state index is 11.3. The molecule has 3 heteroatoms. The summed E-state index contributed by atoms with van der Waals surface area (Å²) in [6.07, 6.45) is 11.6. The minimum atomic E-state index is -0.142. The normalized spacial score (nSPS) is 51.5. The van der Waals surface area contributed by atoms with Crippen LogP contribution in [0, 0.1) is 58.2 Å². The van der Waals surface area contributed by atoms with Crippen molar-refractivity contribution in [3.8, 4) is 0 Å². The SMILES string of the molecule is CC(CO)CCCC(C)C1C(O)CC2C3CCC4CC(O)C(C)CC4(C)C3CCC21C. The molecule has 180 valence electrons. The highest BCUT2D eigenvalue weighted by Gasteiger charge is 2.63. The first-order chi connectivity index (χ1) is 14.6. The Morgan fingerprint density at radius 2 is 1.65 bits per heavy atom. The van der Waals surface area contributed by atoms with E-state index in [0.29, 0.717) is 47.5 Å². The molecule has 3 nitrogen and oxygen atoms in total. The topological polar surface area (TPSA) is 60.7 Å². The van der Waals surface area contributed by atoms with Gasteiger partial charge in [0.15, 0.2) is 0 Å². The molecule has 12 atom stereocenters. The van der Waals surface area contributed by atoms with Gasteiger partial charge in [-0.05, 0) is 110 Å². The summed E-state index contributed by atoms with van der Waals surface area (Å²) < 4.78 is 0. The van der Waals surface area contributed by atoms with Gasteiger partial charge in [0.2, 0.25) is 0 Å². The van der Waals surface area contributed by atoms with Gasteiger partial charge in [-0.3, -0.25) is 0 Å². The molecule has 0 aliphatic heterocycles. The van der Waals surface area contributed by atoms with Crippen LogP contribution in [0.25, 0.3) is 0 Å². The van der Waals surface area contributed by atoms with E-state index in [2.05, 4.69) is 34.6 Å². The maximum Gasteiger partial charge on any atom is 0.0579 e. The predicted octanol–water partition coefficient (Wildman–Crippen LogP) is 5.66. The van der Waals surface area contributed by atoms with Crippen molar-refractivity contribution < 1.29 is 15.3 Å². The van der Waals surface area contributed by atoms with E-state index in [9.17, 15) is 15.3 Å². The fourth-order valence-corrected chi connectivity index (χ4v) is 9.73. The van der Waals surface area contributed by atoms with Crippen LogP contribution >= 0.6 is 0 Å². The van der Waals surface area contributed by atoms with E-state index in [4.69, 9.17) is 0 Å². The molecule has 4 aliphatic rings. The molecule has 4 saturated carbocycles.